The number of anilines is 1. The van der Waals surface area contributed by atoms with Gasteiger partial charge in [0.25, 0.3) is 0 Å². The lowest BCUT2D eigenvalue weighted by molar-refractivity contribution is -0.120. The summed E-state index contributed by atoms with van der Waals surface area (Å²) >= 11 is 4.94. The highest BCUT2D eigenvalue weighted by Gasteiger charge is 2.25. The second-order valence-corrected chi connectivity index (χ2v) is 7.09. The van der Waals surface area contributed by atoms with Crippen LogP contribution in [0, 0.1) is 11.3 Å². The van der Waals surface area contributed by atoms with E-state index in [0.717, 1.165) is 5.69 Å². The van der Waals surface area contributed by atoms with Crippen LogP contribution in [0.1, 0.15) is 40.5 Å². The van der Waals surface area contributed by atoms with Crippen molar-refractivity contribution in [2.45, 2.75) is 40.5 Å². The van der Waals surface area contributed by atoms with Crippen LogP contribution in [0.25, 0.3) is 0 Å². The van der Waals surface area contributed by atoms with Crippen LogP contribution in [0.4, 0.5) is 5.69 Å². The molecule has 0 saturated carbocycles. The third kappa shape index (κ3) is 5.84. The Bertz CT molecular complexity index is 479. The fraction of sp³-hybridized carbons (Fsp3) is 0.529. The molecule has 2 N–H and O–H groups in total. The molecule has 1 aromatic carbocycles. The predicted octanol–water partition coefficient (Wildman–Crippen LogP) is 3.77. The van der Waals surface area contributed by atoms with Crippen LogP contribution in [0.15, 0.2) is 30.3 Å². The normalized spacial score (nSPS) is 12.8. The number of carbonyl (C=O) groups is 1. The summed E-state index contributed by atoms with van der Waals surface area (Å²) in [6.07, 6.45) is 1.07. The second-order valence-electron chi connectivity index (χ2n) is 6.57. The van der Waals surface area contributed by atoms with Crippen molar-refractivity contribution in [1.29, 1.82) is 0 Å². The zero-order valence-electron chi connectivity index (χ0n) is 13.4. The molecule has 1 unspecified atom stereocenters. The molecular formula is C17H26N2OS. The van der Waals surface area contributed by atoms with Crippen LogP contribution in [-0.2, 0) is 4.79 Å². The number of nitrogens with two attached hydrogens (primary N) is 1. The van der Waals surface area contributed by atoms with Crippen molar-refractivity contribution in [1.82, 2.24) is 0 Å². The largest absolute Gasteiger partial charge is 0.393 e. The minimum Gasteiger partial charge on any atom is -0.393 e. The Morgan fingerprint density at radius 3 is 2.33 bits per heavy atom. The molecule has 0 spiro atoms. The molecule has 0 aliphatic carbocycles. The number of benzene rings is 1. The van der Waals surface area contributed by atoms with E-state index in [1.54, 1.807) is 4.90 Å². The summed E-state index contributed by atoms with van der Waals surface area (Å²) in [5, 5.41) is 0. The molecule has 1 aromatic rings. The van der Waals surface area contributed by atoms with Gasteiger partial charge in [0.15, 0.2) is 0 Å². The van der Waals surface area contributed by atoms with Gasteiger partial charge < -0.3 is 10.6 Å². The van der Waals surface area contributed by atoms with Crippen LogP contribution in [-0.4, -0.2) is 17.4 Å². The van der Waals surface area contributed by atoms with Crippen molar-refractivity contribution < 1.29 is 4.79 Å². The van der Waals surface area contributed by atoms with Crippen LogP contribution in [0.5, 0.6) is 0 Å². The maximum absolute atomic E-state index is 12.7. The first-order valence-electron chi connectivity index (χ1n) is 7.35. The molecule has 0 aromatic heterocycles. The van der Waals surface area contributed by atoms with Gasteiger partial charge in [0.1, 0.15) is 0 Å². The highest BCUT2D eigenvalue weighted by atomic mass is 32.1. The highest BCUT2D eigenvalue weighted by molar-refractivity contribution is 7.80. The van der Waals surface area contributed by atoms with Crippen molar-refractivity contribution in [3.63, 3.8) is 0 Å². The third-order valence-electron chi connectivity index (χ3n) is 3.91. The zero-order valence-corrected chi connectivity index (χ0v) is 14.2. The quantitative estimate of drug-likeness (QED) is 0.814. The zero-order chi connectivity index (χ0) is 16.0. The van der Waals surface area contributed by atoms with Gasteiger partial charge in [0, 0.05) is 25.1 Å². The Hall–Kier alpha value is -1.42. The molecule has 21 heavy (non-hydrogen) atoms. The maximum atomic E-state index is 12.7. The molecule has 3 nitrogen and oxygen atoms in total. The van der Waals surface area contributed by atoms with Crippen LogP contribution >= 0.6 is 12.2 Å². The number of rotatable bonds is 6. The average Bonchev–Trinajstić information content (AvgIpc) is 2.38. The van der Waals surface area contributed by atoms with E-state index in [0.29, 0.717) is 30.3 Å². The van der Waals surface area contributed by atoms with Gasteiger partial charge in [0.2, 0.25) is 5.91 Å². The molecule has 0 aliphatic rings. The minimum atomic E-state index is 0.112. The van der Waals surface area contributed by atoms with Gasteiger partial charge in [-0.05, 0) is 23.5 Å². The third-order valence-corrected chi connectivity index (χ3v) is 4.11. The Balaban J connectivity index is 2.86. The summed E-state index contributed by atoms with van der Waals surface area (Å²) in [5.41, 5.74) is 6.60. The molecule has 1 rings (SSSR count). The molecule has 0 aliphatic heterocycles. The van der Waals surface area contributed by atoms with Crippen LogP contribution in [0.2, 0.25) is 0 Å². The van der Waals surface area contributed by atoms with E-state index in [9.17, 15) is 4.79 Å². The predicted molar refractivity (Wildman–Crippen MR) is 93.4 cm³/mol. The first-order chi connectivity index (χ1) is 9.71. The Morgan fingerprint density at radius 2 is 1.86 bits per heavy atom. The topological polar surface area (TPSA) is 46.3 Å². The molecule has 116 valence electrons. The lowest BCUT2D eigenvalue weighted by atomic mass is 9.80. The fourth-order valence-electron chi connectivity index (χ4n) is 1.91. The Labute approximate surface area is 133 Å². The van der Waals surface area contributed by atoms with E-state index in [-0.39, 0.29) is 11.3 Å². The van der Waals surface area contributed by atoms with Gasteiger partial charge >= 0.3 is 0 Å². The SMILES string of the molecule is CC(CC(=O)N(CCC(N)=S)c1ccccc1)C(C)(C)C. The summed E-state index contributed by atoms with van der Waals surface area (Å²) in [6.45, 7) is 9.14. The van der Waals surface area contributed by atoms with Gasteiger partial charge in [-0.25, -0.2) is 0 Å². The van der Waals surface area contributed by atoms with Gasteiger partial charge in [-0.2, -0.15) is 0 Å². The summed E-state index contributed by atoms with van der Waals surface area (Å²) in [5.74, 6) is 0.431. The van der Waals surface area contributed by atoms with Crippen molar-refractivity contribution in [2.24, 2.45) is 17.1 Å². The molecule has 1 amide bonds. The molecule has 0 radical (unpaired) electrons. The van der Waals surface area contributed by atoms with E-state index in [2.05, 4.69) is 27.7 Å². The minimum absolute atomic E-state index is 0.112. The molecular weight excluding hydrogens is 280 g/mol. The van der Waals surface area contributed by atoms with Crippen LogP contribution < -0.4 is 10.6 Å². The fourth-order valence-corrected chi connectivity index (χ4v) is 2.00. The molecule has 4 heteroatoms. The summed E-state index contributed by atoms with van der Waals surface area (Å²) in [6, 6.07) is 9.70. The molecule has 0 heterocycles. The first kappa shape index (κ1) is 17.6. The maximum Gasteiger partial charge on any atom is 0.227 e. The number of amides is 1. The smallest absolute Gasteiger partial charge is 0.227 e. The molecule has 0 fully saturated rings. The molecule has 1 atom stereocenters. The van der Waals surface area contributed by atoms with Gasteiger partial charge in [-0.1, -0.05) is 58.1 Å². The number of para-hydroxylation sites is 1. The van der Waals surface area contributed by atoms with Crippen molar-refractivity contribution in [3.8, 4) is 0 Å². The second kappa shape index (κ2) is 7.55. The lowest BCUT2D eigenvalue weighted by Crippen LogP contribution is -2.36. The summed E-state index contributed by atoms with van der Waals surface area (Å²) in [4.78, 5) is 14.9. The molecule has 0 saturated heterocycles. The number of carbonyl (C=O) groups excluding carboxylic acids is 1. The Morgan fingerprint density at radius 1 is 1.29 bits per heavy atom. The van der Waals surface area contributed by atoms with Crippen LogP contribution in [0.3, 0.4) is 0 Å². The van der Waals surface area contributed by atoms with Crippen molar-refractivity contribution in [3.05, 3.63) is 30.3 Å². The lowest BCUT2D eigenvalue weighted by Gasteiger charge is -2.30. The van der Waals surface area contributed by atoms with E-state index in [1.807, 2.05) is 30.3 Å². The number of nitrogens with zero attached hydrogens (tertiary/aromatic N) is 1. The summed E-state index contributed by atoms with van der Waals surface area (Å²) in [7, 11) is 0. The van der Waals surface area contributed by atoms with Gasteiger partial charge in [-0.3, -0.25) is 4.79 Å². The van der Waals surface area contributed by atoms with E-state index >= 15 is 0 Å². The number of thiocarbonyl (C=S) groups is 1. The van der Waals surface area contributed by atoms with E-state index in [4.69, 9.17) is 18.0 Å². The number of hydrogen-bond donors (Lipinski definition) is 1. The Kier molecular flexibility index (Phi) is 6.34. The van der Waals surface area contributed by atoms with E-state index in [1.165, 1.54) is 0 Å². The average molecular weight is 306 g/mol. The van der Waals surface area contributed by atoms with Gasteiger partial charge in [0.05, 0.1) is 4.99 Å². The van der Waals surface area contributed by atoms with E-state index < -0.39 is 0 Å². The highest BCUT2D eigenvalue weighted by Crippen LogP contribution is 2.29. The molecule has 0 bridgehead atoms. The number of hydrogen-bond acceptors (Lipinski definition) is 2. The van der Waals surface area contributed by atoms with Crippen molar-refractivity contribution >= 4 is 28.8 Å². The monoisotopic (exact) mass is 306 g/mol. The first-order valence-corrected chi connectivity index (χ1v) is 7.76. The standard InChI is InChI=1S/C17H26N2OS/c1-13(17(2,3)4)12-16(20)19(11-10-15(18)21)14-8-6-5-7-9-14/h5-9,13H,10-12H2,1-4H3,(H2,18,21). The van der Waals surface area contributed by atoms with Gasteiger partial charge in [-0.15, -0.1) is 0 Å². The summed E-state index contributed by atoms with van der Waals surface area (Å²) < 4.78 is 0. The van der Waals surface area contributed by atoms with Crippen molar-refractivity contribution in [2.75, 3.05) is 11.4 Å².